The van der Waals surface area contributed by atoms with E-state index in [4.69, 9.17) is 5.11 Å². The number of nitrogens with one attached hydrogen (secondary N) is 1. The third-order valence-electron chi connectivity index (χ3n) is 3.15. The Labute approximate surface area is 102 Å². The molecule has 1 heterocycles. The first kappa shape index (κ1) is 13.8. The minimum Gasteiger partial charge on any atom is -0.481 e. The number of hydrogen-bond donors (Lipinski definition) is 2. The predicted octanol–water partition coefficient (Wildman–Crippen LogP) is 1.68. The summed E-state index contributed by atoms with van der Waals surface area (Å²) in [7, 11) is 0. The standard InChI is InChI=1S/C12H22N2O3/c1-4-6-12(2,3)13-11(17)14-7-5-9(8-14)10(15)16/h9H,4-8H2,1-3H3,(H,13,17)(H,15,16). The van der Waals surface area contributed by atoms with Gasteiger partial charge in [0.15, 0.2) is 0 Å². The van der Waals surface area contributed by atoms with Crippen molar-refractivity contribution in [2.24, 2.45) is 5.92 Å². The van der Waals surface area contributed by atoms with Gasteiger partial charge in [0.2, 0.25) is 0 Å². The molecule has 0 aliphatic carbocycles. The van der Waals surface area contributed by atoms with Crippen LogP contribution < -0.4 is 5.32 Å². The molecule has 0 radical (unpaired) electrons. The number of carbonyl (C=O) groups excluding carboxylic acids is 1. The van der Waals surface area contributed by atoms with Crippen molar-refractivity contribution >= 4 is 12.0 Å². The van der Waals surface area contributed by atoms with E-state index in [0.717, 1.165) is 12.8 Å². The number of amides is 2. The van der Waals surface area contributed by atoms with E-state index in [2.05, 4.69) is 12.2 Å². The largest absolute Gasteiger partial charge is 0.481 e. The topological polar surface area (TPSA) is 69.6 Å². The van der Waals surface area contributed by atoms with Crippen LogP contribution in [0.5, 0.6) is 0 Å². The van der Waals surface area contributed by atoms with Crippen LogP contribution in [0.25, 0.3) is 0 Å². The molecule has 0 saturated carbocycles. The molecule has 0 aromatic carbocycles. The van der Waals surface area contributed by atoms with Crippen LogP contribution in [0.1, 0.15) is 40.0 Å². The molecule has 0 spiro atoms. The number of carboxylic acid groups (broad SMARTS) is 1. The molecule has 0 aromatic heterocycles. The molecule has 1 atom stereocenters. The van der Waals surface area contributed by atoms with Gasteiger partial charge in [-0.15, -0.1) is 0 Å². The van der Waals surface area contributed by atoms with Crippen molar-refractivity contribution in [1.82, 2.24) is 10.2 Å². The summed E-state index contributed by atoms with van der Waals surface area (Å²) < 4.78 is 0. The van der Waals surface area contributed by atoms with Crippen LogP contribution in [0.3, 0.4) is 0 Å². The first-order valence-electron chi connectivity index (χ1n) is 6.15. The van der Waals surface area contributed by atoms with E-state index < -0.39 is 11.9 Å². The summed E-state index contributed by atoms with van der Waals surface area (Å²) >= 11 is 0. The van der Waals surface area contributed by atoms with Gasteiger partial charge in [-0.25, -0.2) is 4.79 Å². The van der Waals surface area contributed by atoms with Crippen molar-refractivity contribution < 1.29 is 14.7 Å². The zero-order chi connectivity index (χ0) is 13.1. The highest BCUT2D eigenvalue weighted by atomic mass is 16.4. The van der Waals surface area contributed by atoms with Gasteiger partial charge in [0.25, 0.3) is 0 Å². The maximum absolute atomic E-state index is 11.9. The summed E-state index contributed by atoms with van der Waals surface area (Å²) in [4.78, 5) is 24.3. The van der Waals surface area contributed by atoms with E-state index in [1.54, 1.807) is 4.90 Å². The van der Waals surface area contributed by atoms with Gasteiger partial charge < -0.3 is 15.3 Å². The highest BCUT2D eigenvalue weighted by Crippen LogP contribution is 2.18. The molecule has 5 heteroatoms. The summed E-state index contributed by atoms with van der Waals surface area (Å²) in [6.07, 6.45) is 2.47. The highest BCUT2D eigenvalue weighted by molar-refractivity contribution is 5.77. The maximum atomic E-state index is 11.9. The lowest BCUT2D eigenvalue weighted by Gasteiger charge is -2.29. The molecular weight excluding hydrogens is 220 g/mol. The zero-order valence-corrected chi connectivity index (χ0v) is 10.8. The lowest BCUT2D eigenvalue weighted by Crippen LogP contribution is -2.49. The lowest BCUT2D eigenvalue weighted by molar-refractivity contribution is -0.141. The Hall–Kier alpha value is -1.26. The molecule has 2 amide bonds. The molecule has 2 N–H and O–H groups in total. The van der Waals surface area contributed by atoms with Crippen LogP contribution in [0.2, 0.25) is 0 Å². The molecule has 1 unspecified atom stereocenters. The van der Waals surface area contributed by atoms with Gasteiger partial charge in [0.05, 0.1) is 5.92 Å². The number of carboxylic acids is 1. The number of likely N-dealkylation sites (tertiary alicyclic amines) is 1. The van der Waals surface area contributed by atoms with E-state index in [1.807, 2.05) is 13.8 Å². The van der Waals surface area contributed by atoms with Gasteiger partial charge >= 0.3 is 12.0 Å². The summed E-state index contributed by atoms with van der Waals surface area (Å²) in [5.74, 6) is -1.22. The van der Waals surface area contributed by atoms with E-state index >= 15 is 0 Å². The molecule has 0 bridgehead atoms. The first-order chi connectivity index (χ1) is 7.85. The Morgan fingerprint density at radius 3 is 2.59 bits per heavy atom. The van der Waals surface area contributed by atoms with Gasteiger partial charge in [-0.2, -0.15) is 0 Å². The van der Waals surface area contributed by atoms with Crippen LogP contribution >= 0.6 is 0 Å². The van der Waals surface area contributed by atoms with Crippen molar-refractivity contribution in [3.05, 3.63) is 0 Å². The number of rotatable bonds is 4. The number of urea groups is 1. The normalized spacial score (nSPS) is 20.4. The number of nitrogens with zero attached hydrogens (tertiary/aromatic N) is 1. The molecule has 1 fully saturated rings. The maximum Gasteiger partial charge on any atom is 0.317 e. The van der Waals surface area contributed by atoms with Crippen LogP contribution in [0.15, 0.2) is 0 Å². The van der Waals surface area contributed by atoms with Gasteiger partial charge in [-0.3, -0.25) is 4.79 Å². The van der Waals surface area contributed by atoms with E-state index in [0.29, 0.717) is 19.5 Å². The SMILES string of the molecule is CCCC(C)(C)NC(=O)N1CCC(C(=O)O)C1. The monoisotopic (exact) mass is 242 g/mol. The summed E-state index contributed by atoms with van der Waals surface area (Å²) in [5, 5.41) is 11.8. The van der Waals surface area contributed by atoms with Gasteiger partial charge in [0, 0.05) is 18.6 Å². The Morgan fingerprint density at radius 1 is 1.47 bits per heavy atom. The minimum absolute atomic E-state index is 0.146. The smallest absolute Gasteiger partial charge is 0.317 e. The molecule has 1 aliphatic heterocycles. The van der Waals surface area contributed by atoms with Crippen LogP contribution in [0, 0.1) is 5.92 Å². The average Bonchev–Trinajstić information content (AvgIpc) is 2.64. The molecule has 98 valence electrons. The van der Waals surface area contributed by atoms with Crippen molar-refractivity contribution in [3.8, 4) is 0 Å². The highest BCUT2D eigenvalue weighted by Gasteiger charge is 2.32. The fourth-order valence-electron chi connectivity index (χ4n) is 2.20. The second-order valence-electron chi connectivity index (χ2n) is 5.33. The molecule has 0 aromatic rings. The molecule has 1 saturated heterocycles. The third-order valence-corrected chi connectivity index (χ3v) is 3.15. The van der Waals surface area contributed by atoms with Crippen LogP contribution in [0.4, 0.5) is 4.79 Å². The second kappa shape index (κ2) is 5.38. The van der Waals surface area contributed by atoms with Crippen molar-refractivity contribution in [1.29, 1.82) is 0 Å². The van der Waals surface area contributed by atoms with Gasteiger partial charge in [-0.05, 0) is 26.7 Å². The summed E-state index contributed by atoms with van der Waals surface area (Å²) in [5.41, 5.74) is -0.229. The minimum atomic E-state index is -0.812. The average molecular weight is 242 g/mol. The van der Waals surface area contributed by atoms with Crippen LogP contribution in [-0.4, -0.2) is 40.6 Å². The van der Waals surface area contributed by atoms with Gasteiger partial charge in [-0.1, -0.05) is 13.3 Å². The van der Waals surface area contributed by atoms with Crippen molar-refractivity contribution in [2.45, 2.75) is 45.6 Å². The van der Waals surface area contributed by atoms with Gasteiger partial charge in [0.1, 0.15) is 0 Å². The fraction of sp³-hybridized carbons (Fsp3) is 0.833. The summed E-state index contributed by atoms with van der Waals surface area (Å²) in [6.45, 7) is 6.90. The Balaban J connectivity index is 2.47. The molecule has 1 rings (SSSR count). The van der Waals surface area contributed by atoms with E-state index in [9.17, 15) is 9.59 Å². The van der Waals surface area contributed by atoms with Crippen molar-refractivity contribution in [2.75, 3.05) is 13.1 Å². The molecule has 1 aliphatic rings. The van der Waals surface area contributed by atoms with E-state index in [1.165, 1.54) is 0 Å². The van der Waals surface area contributed by atoms with Crippen molar-refractivity contribution in [3.63, 3.8) is 0 Å². The molecule has 17 heavy (non-hydrogen) atoms. The number of hydrogen-bond acceptors (Lipinski definition) is 2. The Bertz CT molecular complexity index is 302. The molecule has 5 nitrogen and oxygen atoms in total. The second-order valence-corrected chi connectivity index (χ2v) is 5.33. The van der Waals surface area contributed by atoms with E-state index in [-0.39, 0.29) is 11.6 Å². The zero-order valence-electron chi connectivity index (χ0n) is 10.8. The number of aliphatic carboxylic acids is 1. The third kappa shape index (κ3) is 3.91. The summed E-state index contributed by atoms with van der Waals surface area (Å²) in [6, 6.07) is -0.146. The predicted molar refractivity (Wildman–Crippen MR) is 64.8 cm³/mol. The first-order valence-corrected chi connectivity index (χ1v) is 6.15. The lowest BCUT2D eigenvalue weighted by atomic mass is 9.99. The Morgan fingerprint density at radius 2 is 2.12 bits per heavy atom. The number of carbonyl (C=O) groups is 2. The van der Waals surface area contributed by atoms with Crippen LogP contribution in [-0.2, 0) is 4.79 Å². The quantitative estimate of drug-likeness (QED) is 0.788. The molecular formula is C12H22N2O3. The Kier molecular flexibility index (Phi) is 4.37. The fourth-order valence-corrected chi connectivity index (χ4v) is 2.20.